The lowest BCUT2D eigenvalue weighted by atomic mass is 10.1. The molecule has 0 spiro atoms. The van der Waals surface area contributed by atoms with E-state index >= 15 is 0 Å². The summed E-state index contributed by atoms with van der Waals surface area (Å²) in [5.41, 5.74) is 8.60. The number of hydrogen-bond acceptors (Lipinski definition) is 3. The minimum absolute atomic E-state index is 0.670. The number of aromatic nitrogens is 2. The number of rotatable bonds is 4. The number of aryl methyl sites for hydroxylation is 1. The zero-order valence-corrected chi connectivity index (χ0v) is 12.7. The second-order valence-electron chi connectivity index (χ2n) is 4.73. The topological polar surface area (TPSA) is 53.1 Å². The van der Waals surface area contributed by atoms with Crippen molar-refractivity contribution in [3.63, 3.8) is 0 Å². The smallest absolute Gasteiger partial charge is 0.229 e. The van der Waals surface area contributed by atoms with Gasteiger partial charge in [0.1, 0.15) is 5.75 Å². The van der Waals surface area contributed by atoms with Crippen molar-refractivity contribution < 1.29 is 4.43 Å². The highest BCUT2D eigenvalue weighted by Crippen LogP contribution is 2.24. The van der Waals surface area contributed by atoms with Crippen LogP contribution < -0.4 is 10.2 Å². The third kappa shape index (κ3) is 3.48. The van der Waals surface area contributed by atoms with Crippen LogP contribution in [0, 0.1) is 0 Å². The zero-order chi connectivity index (χ0) is 13.8. The first-order valence-electron chi connectivity index (χ1n) is 6.27. The monoisotopic (exact) mass is 273 g/mol. The van der Waals surface area contributed by atoms with Crippen LogP contribution >= 0.6 is 0 Å². The van der Waals surface area contributed by atoms with Gasteiger partial charge in [0.05, 0.1) is 12.0 Å². The summed E-state index contributed by atoms with van der Waals surface area (Å²) in [6, 6.07) is 7.86. The maximum absolute atomic E-state index is 6.16. The van der Waals surface area contributed by atoms with Gasteiger partial charge in [0, 0.05) is 24.5 Å². The van der Waals surface area contributed by atoms with E-state index in [0.29, 0.717) is 5.70 Å². The first-order chi connectivity index (χ1) is 9.06. The van der Waals surface area contributed by atoms with E-state index in [9.17, 15) is 0 Å². The Morgan fingerprint density at radius 1 is 1.37 bits per heavy atom. The van der Waals surface area contributed by atoms with Crippen LogP contribution in [0.3, 0.4) is 0 Å². The van der Waals surface area contributed by atoms with Crippen LogP contribution in [0.1, 0.15) is 11.3 Å². The molecule has 0 bridgehead atoms. The molecule has 0 unspecified atom stereocenters. The molecule has 2 rings (SSSR count). The lowest BCUT2D eigenvalue weighted by Gasteiger charge is -2.14. The van der Waals surface area contributed by atoms with Crippen molar-refractivity contribution >= 4 is 20.8 Å². The molecule has 1 aromatic carbocycles. The Hall–Kier alpha value is -2.01. The summed E-state index contributed by atoms with van der Waals surface area (Å²) in [6.45, 7) is 4.27. The Balaban J connectivity index is 2.32. The fraction of sp³-hybridized carbons (Fsp3) is 0.214. The van der Waals surface area contributed by atoms with Crippen molar-refractivity contribution in [2.45, 2.75) is 13.1 Å². The third-order valence-electron chi connectivity index (χ3n) is 2.59. The van der Waals surface area contributed by atoms with Gasteiger partial charge in [-0.1, -0.05) is 12.1 Å². The minimum Gasteiger partial charge on any atom is -0.547 e. The fourth-order valence-corrected chi connectivity index (χ4v) is 2.52. The van der Waals surface area contributed by atoms with Crippen molar-refractivity contribution in [1.82, 2.24) is 9.55 Å². The largest absolute Gasteiger partial charge is 0.547 e. The number of nitrogens with two attached hydrogens (primary N) is 1. The molecule has 1 aromatic heterocycles. The summed E-state index contributed by atoms with van der Waals surface area (Å²) in [5, 5.41) is 0. The molecule has 0 fully saturated rings. The van der Waals surface area contributed by atoms with E-state index in [1.807, 2.05) is 48.2 Å². The first kappa shape index (κ1) is 13.4. The summed E-state index contributed by atoms with van der Waals surface area (Å²) in [4.78, 5) is 4.25. The Kier molecular flexibility index (Phi) is 4.06. The maximum Gasteiger partial charge on any atom is 0.229 e. The van der Waals surface area contributed by atoms with Crippen LogP contribution in [-0.4, -0.2) is 18.6 Å². The molecule has 100 valence electrons. The Bertz CT molecular complexity index is 590. The molecular weight excluding hydrogens is 254 g/mol. The lowest BCUT2D eigenvalue weighted by Crippen LogP contribution is -2.13. The van der Waals surface area contributed by atoms with E-state index in [1.165, 1.54) is 0 Å². The van der Waals surface area contributed by atoms with Crippen LogP contribution in [0.5, 0.6) is 5.75 Å². The van der Waals surface area contributed by atoms with E-state index in [2.05, 4.69) is 18.1 Å². The van der Waals surface area contributed by atoms with Gasteiger partial charge in [-0.2, -0.15) is 0 Å². The van der Waals surface area contributed by atoms with Gasteiger partial charge in [-0.3, -0.25) is 0 Å². The number of imidazole rings is 1. The van der Waals surface area contributed by atoms with E-state index < -0.39 is 9.04 Å². The van der Waals surface area contributed by atoms with Crippen molar-refractivity contribution in [3.05, 3.63) is 48.0 Å². The molecule has 0 amide bonds. The fourth-order valence-electron chi connectivity index (χ4n) is 1.81. The highest BCUT2D eigenvalue weighted by Gasteiger charge is 2.08. The van der Waals surface area contributed by atoms with Gasteiger partial charge in [0.15, 0.2) is 0 Å². The number of para-hydroxylation sites is 1. The number of hydrogen-bond donors (Lipinski definition) is 1. The standard InChI is InChI=1S/C14H19N3OSi/c1-17-9-11(16-10-17)8-13(15)12-6-4-5-7-14(12)18-19(2)3/h4-10,19H,15H2,1-3H3/b13-8-. The van der Waals surface area contributed by atoms with E-state index in [-0.39, 0.29) is 0 Å². The molecule has 0 saturated carbocycles. The second-order valence-corrected chi connectivity index (χ2v) is 7.06. The van der Waals surface area contributed by atoms with E-state index in [0.717, 1.165) is 17.0 Å². The van der Waals surface area contributed by atoms with Crippen molar-refractivity contribution in [2.75, 3.05) is 0 Å². The van der Waals surface area contributed by atoms with Gasteiger partial charge in [-0.15, -0.1) is 0 Å². The molecule has 0 radical (unpaired) electrons. The van der Waals surface area contributed by atoms with E-state index in [4.69, 9.17) is 10.2 Å². The molecule has 19 heavy (non-hydrogen) atoms. The number of benzene rings is 1. The minimum atomic E-state index is -1.15. The first-order valence-corrected chi connectivity index (χ1v) is 9.05. The van der Waals surface area contributed by atoms with Crippen molar-refractivity contribution in [2.24, 2.45) is 12.8 Å². The molecule has 4 nitrogen and oxygen atoms in total. The maximum atomic E-state index is 6.16. The van der Waals surface area contributed by atoms with Crippen LogP contribution in [0.15, 0.2) is 36.8 Å². The summed E-state index contributed by atoms with van der Waals surface area (Å²) in [5.74, 6) is 0.855. The van der Waals surface area contributed by atoms with Crippen LogP contribution in [-0.2, 0) is 7.05 Å². The molecule has 0 aliphatic rings. The predicted molar refractivity (Wildman–Crippen MR) is 81.2 cm³/mol. The Morgan fingerprint density at radius 3 is 2.74 bits per heavy atom. The van der Waals surface area contributed by atoms with Gasteiger partial charge < -0.3 is 14.7 Å². The average Bonchev–Trinajstić information content (AvgIpc) is 2.74. The van der Waals surface area contributed by atoms with Crippen molar-refractivity contribution in [3.8, 4) is 5.75 Å². The van der Waals surface area contributed by atoms with E-state index in [1.54, 1.807) is 6.33 Å². The predicted octanol–water partition coefficient (Wildman–Crippen LogP) is 2.24. The molecule has 0 atom stereocenters. The lowest BCUT2D eigenvalue weighted by molar-refractivity contribution is 0.578. The molecule has 2 aromatic rings. The summed E-state index contributed by atoms with van der Waals surface area (Å²) >= 11 is 0. The average molecular weight is 273 g/mol. The summed E-state index contributed by atoms with van der Waals surface area (Å²) in [7, 11) is 0.783. The van der Waals surface area contributed by atoms with Gasteiger partial charge >= 0.3 is 0 Å². The number of nitrogens with zero attached hydrogens (tertiary/aromatic N) is 2. The summed E-state index contributed by atoms with van der Waals surface area (Å²) in [6.07, 6.45) is 5.54. The van der Waals surface area contributed by atoms with Gasteiger partial charge in [0.25, 0.3) is 0 Å². The van der Waals surface area contributed by atoms with Gasteiger partial charge in [-0.05, 0) is 31.3 Å². The molecule has 0 aliphatic heterocycles. The van der Waals surface area contributed by atoms with Gasteiger partial charge in [0.2, 0.25) is 9.04 Å². The summed E-state index contributed by atoms with van der Waals surface area (Å²) < 4.78 is 7.79. The molecule has 2 N–H and O–H groups in total. The molecular formula is C14H19N3OSi. The zero-order valence-electron chi connectivity index (χ0n) is 11.5. The third-order valence-corrected chi connectivity index (χ3v) is 3.31. The van der Waals surface area contributed by atoms with Crippen LogP contribution in [0.4, 0.5) is 0 Å². The molecule has 5 heteroatoms. The van der Waals surface area contributed by atoms with Gasteiger partial charge in [-0.25, -0.2) is 4.98 Å². The van der Waals surface area contributed by atoms with Crippen LogP contribution in [0.2, 0.25) is 13.1 Å². The second kappa shape index (κ2) is 5.75. The molecule has 0 saturated heterocycles. The highest BCUT2D eigenvalue weighted by molar-refractivity contribution is 6.49. The van der Waals surface area contributed by atoms with Crippen LogP contribution in [0.25, 0.3) is 11.8 Å². The SMILES string of the molecule is Cn1cnc(/C=C(\N)c2ccccc2O[SiH](C)C)c1. The Labute approximate surface area is 115 Å². The normalized spacial score (nSPS) is 11.9. The Morgan fingerprint density at radius 2 is 2.11 bits per heavy atom. The molecule has 0 aliphatic carbocycles. The molecule has 1 heterocycles. The highest BCUT2D eigenvalue weighted by atomic mass is 28.3. The van der Waals surface area contributed by atoms with Crippen molar-refractivity contribution in [1.29, 1.82) is 0 Å². The quantitative estimate of drug-likeness (QED) is 0.869.